The van der Waals surface area contributed by atoms with Gasteiger partial charge in [-0.25, -0.2) is 9.07 Å². The first-order chi connectivity index (χ1) is 7.61. The van der Waals surface area contributed by atoms with Gasteiger partial charge in [0.05, 0.1) is 12.2 Å². The van der Waals surface area contributed by atoms with Crippen molar-refractivity contribution in [3.05, 3.63) is 47.4 Å². The Morgan fingerprint density at radius 1 is 1.38 bits per heavy atom. The van der Waals surface area contributed by atoms with Crippen molar-refractivity contribution in [2.75, 3.05) is 5.73 Å². The van der Waals surface area contributed by atoms with E-state index in [1.807, 2.05) is 19.9 Å². The first-order valence-electron chi connectivity index (χ1n) is 5.15. The maximum atomic E-state index is 13.6. The summed E-state index contributed by atoms with van der Waals surface area (Å²) >= 11 is 0. The molecule has 1 atom stereocenters. The molecule has 1 unspecified atom stereocenters. The Bertz CT molecular complexity index is 505. The summed E-state index contributed by atoms with van der Waals surface area (Å²) in [7, 11) is 0. The van der Waals surface area contributed by atoms with E-state index in [0.717, 1.165) is 5.56 Å². The highest BCUT2D eigenvalue weighted by molar-refractivity contribution is 5.39. The predicted octanol–water partition coefficient (Wildman–Crippen LogP) is 2.52. The Morgan fingerprint density at radius 2 is 2.06 bits per heavy atom. The molecule has 0 aliphatic heterocycles. The summed E-state index contributed by atoms with van der Waals surface area (Å²) in [5, 5.41) is 4.16. The fraction of sp³-hybridized carbons (Fsp3) is 0.250. The molecule has 0 amide bonds. The fourth-order valence-electron chi connectivity index (χ4n) is 1.71. The van der Waals surface area contributed by atoms with Crippen molar-refractivity contribution >= 4 is 5.82 Å². The third-order valence-corrected chi connectivity index (χ3v) is 2.75. The Kier molecular flexibility index (Phi) is 2.64. The number of benzene rings is 1. The van der Waals surface area contributed by atoms with Gasteiger partial charge < -0.3 is 5.73 Å². The average molecular weight is 219 g/mol. The maximum absolute atomic E-state index is 13.6. The van der Waals surface area contributed by atoms with Gasteiger partial charge in [0.2, 0.25) is 0 Å². The Morgan fingerprint density at radius 3 is 2.62 bits per heavy atom. The van der Waals surface area contributed by atoms with E-state index in [1.165, 1.54) is 6.07 Å². The van der Waals surface area contributed by atoms with Crippen molar-refractivity contribution in [1.82, 2.24) is 9.78 Å². The smallest absolute Gasteiger partial charge is 0.128 e. The van der Waals surface area contributed by atoms with Crippen LogP contribution in [0.25, 0.3) is 0 Å². The molecule has 1 aromatic heterocycles. The van der Waals surface area contributed by atoms with Crippen LogP contribution in [0, 0.1) is 12.7 Å². The minimum atomic E-state index is -0.234. The molecule has 2 rings (SSSR count). The van der Waals surface area contributed by atoms with Crippen LogP contribution in [0.1, 0.15) is 24.1 Å². The Hall–Kier alpha value is -1.84. The lowest BCUT2D eigenvalue weighted by Gasteiger charge is -2.15. The number of hydrogen-bond acceptors (Lipinski definition) is 2. The van der Waals surface area contributed by atoms with Crippen molar-refractivity contribution in [2.45, 2.75) is 19.9 Å². The summed E-state index contributed by atoms with van der Waals surface area (Å²) in [6, 6.07) is 6.47. The van der Waals surface area contributed by atoms with Crippen molar-refractivity contribution in [3.63, 3.8) is 0 Å². The Balaban J connectivity index is 2.43. The topological polar surface area (TPSA) is 43.8 Å². The highest BCUT2D eigenvalue weighted by Gasteiger charge is 2.15. The lowest BCUT2D eigenvalue weighted by atomic mass is 10.1. The second kappa shape index (κ2) is 3.96. The van der Waals surface area contributed by atoms with Crippen LogP contribution in [-0.2, 0) is 0 Å². The number of nitrogens with two attached hydrogens (primary N) is 1. The van der Waals surface area contributed by atoms with Crippen LogP contribution >= 0.6 is 0 Å². The largest absolute Gasteiger partial charge is 0.384 e. The van der Waals surface area contributed by atoms with Crippen molar-refractivity contribution in [1.29, 1.82) is 0 Å². The van der Waals surface area contributed by atoms with Gasteiger partial charge in [0.25, 0.3) is 0 Å². The van der Waals surface area contributed by atoms with E-state index in [9.17, 15) is 4.39 Å². The summed E-state index contributed by atoms with van der Waals surface area (Å²) in [6.45, 7) is 3.76. The summed E-state index contributed by atoms with van der Waals surface area (Å²) < 4.78 is 15.2. The number of aryl methyl sites for hydroxylation is 1. The highest BCUT2D eigenvalue weighted by Crippen LogP contribution is 2.23. The molecule has 16 heavy (non-hydrogen) atoms. The molecule has 2 N–H and O–H groups in total. The van der Waals surface area contributed by atoms with Gasteiger partial charge in [-0.2, -0.15) is 5.10 Å². The molecule has 2 aromatic rings. The molecule has 0 spiro atoms. The first kappa shape index (κ1) is 10.7. The molecule has 4 heteroatoms. The van der Waals surface area contributed by atoms with Crippen LogP contribution in [0.4, 0.5) is 10.2 Å². The number of aromatic nitrogens is 2. The van der Waals surface area contributed by atoms with Gasteiger partial charge in [-0.15, -0.1) is 0 Å². The summed E-state index contributed by atoms with van der Waals surface area (Å²) in [5.74, 6) is 0.346. The zero-order valence-electron chi connectivity index (χ0n) is 9.31. The first-order valence-corrected chi connectivity index (χ1v) is 5.15. The monoisotopic (exact) mass is 219 g/mol. The van der Waals surface area contributed by atoms with E-state index in [1.54, 1.807) is 23.0 Å². The molecule has 0 saturated carbocycles. The zero-order valence-corrected chi connectivity index (χ0v) is 9.31. The number of rotatable bonds is 2. The molecule has 0 radical (unpaired) electrons. The van der Waals surface area contributed by atoms with Crippen molar-refractivity contribution in [2.24, 2.45) is 0 Å². The van der Waals surface area contributed by atoms with Gasteiger partial charge >= 0.3 is 0 Å². The quantitative estimate of drug-likeness (QED) is 0.843. The van der Waals surface area contributed by atoms with Gasteiger partial charge in [0.1, 0.15) is 11.6 Å². The highest BCUT2D eigenvalue weighted by atomic mass is 19.1. The molecule has 0 aliphatic rings. The molecule has 1 aromatic carbocycles. The predicted molar refractivity (Wildman–Crippen MR) is 61.6 cm³/mol. The van der Waals surface area contributed by atoms with Crippen LogP contribution in [0.3, 0.4) is 0 Å². The molecule has 3 nitrogen and oxygen atoms in total. The second-order valence-corrected chi connectivity index (χ2v) is 3.85. The minimum Gasteiger partial charge on any atom is -0.384 e. The van der Waals surface area contributed by atoms with Gasteiger partial charge in [0, 0.05) is 11.1 Å². The second-order valence-electron chi connectivity index (χ2n) is 3.85. The molecule has 84 valence electrons. The lowest BCUT2D eigenvalue weighted by Crippen LogP contribution is -2.13. The number of anilines is 1. The third kappa shape index (κ3) is 1.66. The maximum Gasteiger partial charge on any atom is 0.128 e. The normalized spacial score (nSPS) is 12.7. The van der Waals surface area contributed by atoms with Crippen LogP contribution < -0.4 is 5.73 Å². The van der Waals surface area contributed by atoms with Crippen molar-refractivity contribution in [3.8, 4) is 0 Å². The van der Waals surface area contributed by atoms with Crippen LogP contribution in [0.15, 0.2) is 30.5 Å². The molecule has 0 saturated heterocycles. The van der Waals surface area contributed by atoms with Gasteiger partial charge in [-0.05, 0) is 19.9 Å². The Labute approximate surface area is 93.7 Å². The lowest BCUT2D eigenvalue weighted by molar-refractivity contribution is 0.526. The number of nitrogens with zero attached hydrogens (tertiary/aromatic N) is 2. The van der Waals surface area contributed by atoms with E-state index in [4.69, 9.17) is 5.73 Å². The van der Waals surface area contributed by atoms with Gasteiger partial charge in [-0.1, -0.05) is 18.2 Å². The zero-order chi connectivity index (χ0) is 11.7. The van der Waals surface area contributed by atoms with E-state index < -0.39 is 0 Å². The number of nitrogen functional groups attached to an aromatic ring is 1. The van der Waals surface area contributed by atoms with Gasteiger partial charge in [0.15, 0.2) is 0 Å². The summed E-state index contributed by atoms with van der Waals surface area (Å²) in [4.78, 5) is 0. The molecule has 0 aliphatic carbocycles. The molecule has 0 fully saturated rings. The van der Waals surface area contributed by atoms with E-state index in [2.05, 4.69) is 5.10 Å². The average Bonchev–Trinajstić information content (AvgIpc) is 2.60. The third-order valence-electron chi connectivity index (χ3n) is 2.75. The van der Waals surface area contributed by atoms with Crippen molar-refractivity contribution < 1.29 is 4.39 Å². The fourth-order valence-corrected chi connectivity index (χ4v) is 1.71. The van der Waals surface area contributed by atoms with Crippen LogP contribution in [0.5, 0.6) is 0 Å². The van der Waals surface area contributed by atoms with Crippen LogP contribution in [0.2, 0.25) is 0 Å². The van der Waals surface area contributed by atoms with E-state index in [0.29, 0.717) is 11.4 Å². The van der Waals surface area contributed by atoms with E-state index in [-0.39, 0.29) is 11.9 Å². The molecular formula is C12H14FN3. The number of halogens is 1. The molecular weight excluding hydrogens is 205 g/mol. The molecule has 1 heterocycles. The summed E-state index contributed by atoms with van der Waals surface area (Å²) in [5.41, 5.74) is 7.37. The SMILES string of the molecule is Cc1cnn(C(C)c2ccccc2F)c1N. The van der Waals surface area contributed by atoms with E-state index >= 15 is 0 Å². The standard InChI is InChI=1S/C12H14FN3/c1-8-7-15-16(12(8)14)9(2)10-5-3-4-6-11(10)13/h3-7,9H,14H2,1-2H3. The minimum absolute atomic E-state index is 0.199. The summed E-state index contributed by atoms with van der Waals surface area (Å²) in [6.07, 6.45) is 1.69. The van der Waals surface area contributed by atoms with Gasteiger partial charge in [-0.3, -0.25) is 0 Å². The number of hydrogen-bond donors (Lipinski definition) is 1. The molecule has 0 bridgehead atoms. The van der Waals surface area contributed by atoms with Crippen LogP contribution in [-0.4, -0.2) is 9.78 Å².